The van der Waals surface area contributed by atoms with Gasteiger partial charge in [-0.2, -0.15) is 0 Å². The standard InChI is InChI=1S/C20H20N2O4S/c1-13-11-26-16(9-18(23)24)19(13)20(25)21-10-15-12-27-17(22-15)8-7-14-5-3-2-4-6-14/h2-6,11-12H,7-10H2,1H3,(H,21,25)(H,23,24). The average molecular weight is 384 g/mol. The Morgan fingerprint density at radius 3 is 2.74 bits per heavy atom. The third-order valence-corrected chi connectivity index (χ3v) is 5.05. The van der Waals surface area contributed by atoms with Gasteiger partial charge in [0.05, 0.1) is 29.1 Å². The lowest BCUT2D eigenvalue weighted by molar-refractivity contribution is -0.136. The molecule has 6 nitrogen and oxygen atoms in total. The molecule has 0 unspecified atom stereocenters. The van der Waals surface area contributed by atoms with Gasteiger partial charge >= 0.3 is 5.97 Å². The largest absolute Gasteiger partial charge is 0.481 e. The molecule has 27 heavy (non-hydrogen) atoms. The number of nitrogens with zero attached hydrogens (tertiary/aromatic N) is 1. The van der Waals surface area contributed by atoms with E-state index in [1.807, 2.05) is 23.6 Å². The summed E-state index contributed by atoms with van der Waals surface area (Å²) in [5.74, 6) is -1.23. The van der Waals surface area contributed by atoms with Gasteiger partial charge in [-0.15, -0.1) is 11.3 Å². The minimum Gasteiger partial charge on any atom is -0.481 e. The van der Waals surface area contributed by atoms with Crippen molar-refractivity contribution < 1.29 is 19.1 Å². The topological polar surface area (TPSA) is 92.4 Å². The molecule has 0 aliphatic rings. The Bertz CT molecular complexity index is 931. The summed E-state index contributed by atoms with van der Waals surface area (Å²) in [6, 6.07) is 10.2. The molecule has 0 saturated carbocycles. The molecule has 2 N–H and O–H groups in total. The van der Waals surface area contributed by atoms with Crippen LogP contribution in [-0.2, 0) is 30.6 Å². The number of carbonyl (C=O) groups excluding carboxylic acids is 1. The molecular formula is C20H20N2O4S. The summed E-state index contributed by atoms with van der Waals surface area (Å²) in [6.45, 7) is 2.01. The highest BCUT2D eigenvalue weighted by atomic mass is 32.1. The molecule has 0 aliphatic carbocycles. The Kier molecular flexibility index (Phi) is 6.03. The van der Waals surface area contributed by atoms with E-state index in [9.17, 15) is 9.59 Å². The molecule has 7 heteroatoms. The van der Waals surface area contributed by atoms with Crippen LogP contribution in [0, 0.1) is 6.92 Å². The molecule has 0 atom stereocenters. The molecular weight excluding hydrogens is 364 g/mol. The molecule has 0 bridgehead atoms. The van der Waals surface area contributed by atoms with Gasteiger partial charge < -0.3 is 14.8 Å². The third-order valence-electron chi connectivity index (χ3n) is 4.09. The zero-order chi connectivity index (χ0) is 19.2. The van der Waals surface area contributed by atoms with Crippen LogP contribution in [0.15, 0.2) is 46.4 Å². The molecule has 3 rings (SSSR count). The molecule has 1 aromatic carbocycles. The minimum absolute atomic E-state index is 0.166. The Morgan fingerprint density at radius 2 is 2.00 bits per heavy atom. The van der Waals surface area contributed by atoms with Crippen LogP contribution in [0.1, 0.15) is 37.9 Å². The molecule has 2 heterocycles. The highest BCUT2D eigenvalue weighted by Crippen LogP contribution is 2.18. The van der Waals surface area contributed by atoms with E-state index in [2.05, 4.69) is 22.4 Å². The zero-order valence-corrected chi connectivity index (χ0v) is 15.7. The van der Waals surface area contributed by atoms with E-state index in [0.717, 1.165) is 23.5 Å². The SMILES string of the molecule is Cc1coc(CC(=O)O)c1C(=O)NCc1csc(CCc2ccccc2)n1. The fourth-order valence-corrected chi connectivity index (χ4v) is 3.57. The second-order valence-electron chi connectivity index (χ2n) is 6.19. The van der Waals surface area contributed by atoms with E-state index in [4.69, 9.17) is 9.52 Å². The van der Waals surface area contributed by atoms with Gasteiger partial charge in [0.25, 0.3) is 5.91 Å². The summed E-state index contributed by atoms with van der Waals surface area (Å²) in [5.41, 5.74) is 2.96. The number of benzene rings is 1. The number of carbonyl (C=O) groups is 2. The van der Waals surface area contributed by atoms with Gasteiger partial charge in [-0.3, -0.25) is 9.59 Å². The van der Waals surface area contributed by atoms with E-state index in [-0.39, 0.29) is 30.2 Å². The molecule has 0 aliphatic heterocycles. The number of carboxylic acids is 1. The van der Waals surface area contributed by atoms with Crippen LogP contribution in [0.2, 0.25) is 0 Å². The molecule has 0 spiro atoms. The van der Waals surface area contributed by atoms with Crippen molar-refractivity contribution >= 4 is 23.2 Å². The van der Waals surface area contributed by atoms with Crippen LogP contribution in [0.5, 0.6) is 0 Å². The summed E-state index contributed by atoms with van der Waals surface area (Å²) in [5, 5.41) is 14.7. The Balaban J connectivity index is 1.56. The highest BCUT2D eigenvalue weighted by molar-refractivity contribution is 7.09. The number of aromatic nitrogens is 1. The maximum atomic E-state index is 12.4. The summed E-state index contributed by atoms with van der Waals surface area (Å²) in [4.78, 5) is 27.9. The second kappa shape index (κ2) is 8.64. The summed E-state index contributed by atoms with van der Waals surface area (Å²) < 4.78 is 5.20. The molecule has 2 aromatic heterocycles. The first kappa shape index (κ1) is 18.8. The van der Waals surface area contributed by atoms with Crippen molar-refractivity contribution in [2.45, 2.75) is 32.7 Å². The van der Waals surface area contributed by atoms with Crippen molar-refractivity contribution in [3.63, 3.8) is 0 Å². The van der Waals surface area contributed by atoms with Crippen molar-refractivity contribution in [1.29, 1.82) is 0 Å². The fourth-order valence-electron chi connectivity index (χ4n) is 2.77. The van der Waals surface area contributed by atoms with Crippen LogP contribution in [0.4, 0.5) is 0 Å². The van der Waals surface area contributed by atoms with Gasteiger partial charge in [0.2, 0.25) is 0 Å². The van der Waals surface area contributed by atoms with E-state index in [0.29, 0.717) is 5.56 Å². The fraction of sp³-hybridized carbons (Fsp3) is 0.250. The smallest absolute Gasteiger partial charge is 0.311 e. The van der Waals surface area contributed by atoms with Crippen molar-refractivity contribution in [1.82, 2.24) is 10.3 Å². The number of hydrogen-bond donors (Lipinski definition) is 2. The highest BCUT2D eigenvalue weighted by Gasteiger charge is 2.20. The maximum absolute atomic E-state index is 12.4. The Morgan fingerprint density at radius 1 is 1.22 bits per heavy atom. The monoisotopic (exact) mass is 384 g/mol. The average Bonchev–Trinajstić information content (AvgIpc) is 3.25. The lowest BCUT2D eigenvalue weighted by Crippen LogP contribution is -2.24. The zero-order valence-electron chi connectivity index (χ0n) is 14.9. The number of carboxylic acid groups (broad SMARTS) is 1. The Labute approximate surface area is 160 Å². The van der Waals surface area contributed by atoms with Gasteiger partial charge in [0, 0.05) is 17.4 Å². The van der Waals surface area contributed by atoms with Crippen molar-refractivity contribution in [2.24, 2.45) is 0 Å². The van der Waals surface area contributed by atoms with Crippen LogP contribution >= 0.6 is 11.3 Å². The Hall–Kier alpha value is -2.93. The predicted octanol–water partition coefficient (Wildman–Crippen LogP) is 3.39. The number of aryl methyl sites for hydroxylation is 3. The molecule has 0 radical (unpaired) electrons. The molecule has 0 saturated heterocycles. The first-order valence-corrected chi connectivity index (χ1v) is 9.45. The molecule has 1 amide bonds. The lowest BCUT2D eigenvalue weighted by Gasteiger charge is -2.04. The second-order valence-corrected chi connectivity index (χ2v) is 7.13. The third kappa shape index (κ3) is 5.04. The van der Waals surface area contributed by atoms with E-state index >= 15 is 0 Å². The van der Waals surface area contributed by atoms with Crippen LogP contribution in [-0.4, -0.2) is 22.0 Å². The van der Waals surface area contributed by atoms with Gasteiger partial charge in [-0.05, 0) is 18.9 Å². The van der Waals surface area contributed by atoms with Gasteiger partial charge in [-0.25, -0.2) is 4.98 Å². The number of nitrogens with one attached hydrogen (secondary N) is 1. The summed E-state index contributed by atoms with van der Waals surface area (Å²) in [7, 11) is 0. The number of aliphatic carboxylic acids is 1. The van der Waals surface area contributed by atoms with Gasteiger partial charge in [0.1, 0.15) is 12.2 Å². The van der Waals surface area contributed by atoms with Crippen molar-refractivity contribution in [3.8, 4) is 0 Å². The van der Waals surface area contributed by atoms with Crippen LogP contribution < -0.4 is 5.32 Å². The van der Waals surface area contributed by atoms with Crippen LogP contribution in [0.25, 0.3) is 0 Å². The van der Waals surface area contributed by atoms with Crippen molar-refractivity contribution in [3.05, 3.63) is 75.1 Å². The molecule has 140 valence electrons. The maximum Gasteiger partial charge on any atom is 0.311 e. The van der Waals surface area contributed by atoms with Gasteiger partial charge in [0.15, 0.2) is 0 Å². The van der Waals surface area contributed by atoms with E-state index in [1.165, 1.54) is 11.8 Å². The quantitative estimate of drug-likeness (QED) is 0.621. The minimum atomic E-state index is -1.04. The number of hydrogen-bond acceptors (Lipinski definition) is 5. The van der Waals surface area contributed by atoms with E-state index < -0.39 is 5.97 Å². The lowest BCUT2D eigenvalue weighted by atomic mass is 10.1. The first-order valence-electron chi connectivity index (χ1n) is 8.57. The first-order chi connectivity index (χ1) is 13.0. The van der Waals surface area contributed by atoms with Crippen LogP contribution in [0.3, 0.4) is 0 Å². The molecule has 0 fully saturated rings. The normalized spacial score (nSPS) is 10.7. The molecule has 3 aromatic rings. The number of rotatable bonds is 8. The van der Waals surface area contributed by atoms with Crippen molar-refractivity contribution in [2.75, 3.05) is 0 Å². The summed E-state index contributed by atoms with van der Waals surface area (Å²) >= 11 is 1.57. The summed E-state index contributed by atoms with van der Waals surface area (Å²) in [6.07, 6.45) is 2.85. The van der Waals surface area contributed by atoms with E-state index in [1.54, 1.807) is 18.3 Å². The number of amides is 1. The predicted molar refractivity (Wildman–Crippen MR) is 102 cm³/mol. The van der Waals surface area contributed by atoms with Gasteiger partial charge in [-0.1, -0.05) is 30.3 Å². The number of thiazole rings is 1. The number of furan rings is 1.